The van der Waals surface area contributed by atoms with E-state index in [1.165, 1.54) is 12.1 Å². The molecular weight excluding hydrogens is 322 g/mol. The smallest absolute Gasteiger partial charge is 0.149 e. The van der Waals surface area contributed by atoms with Gasteiger partial charge in [0.25, 0.3) is 0 Å². The molecule has 0 unspecified atom stereocenters. The summed E-state index contributed by atoms with van der Waals surface area (Å²) in [6.07, 6.45) is 0. The van der Waals surface area contributed by atoms with E-state index < -0.39 is 11.6 Å². The van der Waals surface area contributed by atoms with Gasteiger partial charge in [0.1, 0.15) is 29.1 Å². The summed E-state index contributed by atoms with van der Waals surface area (Å²) in [5.41, 5.74) is 3.31. The lowest BCUT2D eigenvalue weighted by Gasteiger charge is -2.13. The molecule has 2 N–H and O–H groups in total. The molecule has 0 aliphatic carbocycles. The molecule has 0 saturated carbocycles. The van der Waals surface area contributed by atoms with E-state index in [1.807, 2.05) is 32.0 Å². The highest BCUT2D eigenvalue weighted by molar-refractivity contribution is 5.65. The molecule has 4 nitrogen and oxygen atoms in total. The second kappa shape index (κ2) is 6.84. The molecule has 0 aliphatic rings. The molecule has 128 valence electrons. The van der Waals surface area contributed by atoms with Crippen LogP contribution in [0.3, 0.4) is 0 Å². The number of aryl methyl sites for hydroxylation is 3. The molecule has 25 heavy (non-hydrogen) atoms. The van der Waals surface area contributed by atoms with Gasteiger partial charge in [-0.05, 0) is 50.1 Å². The molecule has 0 radical (unpaired) electrons. The van der Waals surface area contributed by atoms with Crippen molar-refractivity contribution in [2.75, 3.05) is 10.6 Å². The number of benzene rings is 2. The maximum Gasteiger partial charge on any atom is 0.149 e. The fourth-order valence-electron chi connectivity index (χ4n) is 2.43. The van der Waals surface area contributed by atoms with Crippen LogP contribution in [0.5, 0.6) is 0 Å². The fraction of sp³-hybridized carbons (Fsp3) is 0.158. The summed E-state index contributed by atoms with van der Waals surface area (Å²) in [5.74, 6) is 0.233. The summed E-state index contributed by atoms with van der Waals surface area (Å²) >= 11 is 0. The van der Waals surface area contributed by atoms with Crippen molar-refractivity contribution in [2.45, 2.75) is 20.8 Å². The summed E-state index contributed by atoms with van der Waals surface area (Å²) in [4.78, 5) is 8.61. The third-order valence-electron chi connectivity index (χ3n) is 3.69. The molecule has 0 aliphatic heterocycles. The second-order valence-electron chi connectivity index (χ2n) is 5.88. The number of hydrogen-bond acceptors (Lipinski definition) is 4. The normalized spacial score (nSPS) is 10.6. The first-order valence-electron chi connectivity index (χ1n) is 7.83. The zero-order valence-corrected chi connectivity index (χ0v) is 14.2. The van der Waals surface area contributed by atoms with Gasteiger partial charge < -0.3 is 10.6 Å². The molecule has 3 aromatic rings. The Labute approximate surface area is 145 Å². The minimum Gasteiger partial charge on any atom is -0.340 e. The molecule has 0 spiro atoms. The van der Waals surface area contributed by atoms with Crippen LogP contribution in [-0.4, -0.2) is 9.97 Å². The Balaban J connectivity index is 1.89. The van der Waals surface area contributed by atoms with Crippen molar-refractivity contribution in [1.82, 2.24) is 9.97 Å². The summed E-state index contributed by atoms with van der Waals surface area (Å²) in [6.45, 7) is 5.77. The summed E-state index contributed by atoms with van der Waals surface area (Å²) in [7, 11) is 0. The first-order chi connectivity index (χ1) is 11.9. The quantitative estimate of drug-likeness (QED) is 0.688. The molecule has 0 bridgehead atoms. The van der Waals surface area contributed by atoms with Crippen molar-refractivity contribution in [3.8, 4) is 0 Å². The second-order valence-corrected chi connectivity index (χ2v) is 5.88. The molecule has 0 saturated heterocycles. The monoisotopic (exact) mass is 340 g/mol. The van der Waals surface area contributed by atoms with Crippen LogP contribution in [0.2, 0.25) is 0 Å². The van der Waals surface area contributed by atoms with Gasteiger partial charge in [0, 0.05) is 17.8 Å². The third kappa shape index (κ3) is 4.09. The lowest BCUT2D eigenvalue weighted by atomic mass is 10.1. The first-order valence-corrected chi connectivity index (χ1v) is 7.83. The highest BCUT2D eigenvalue weighted by atomic mass is 19.1. The minimum atomic E-state index is -0.680. The van der Waals surface area contributed by atoms with Crippen LogP contribution in [0.4, 0.5) is 31.8 Å². The average molecular weight is 340 g/mol. The van der Waals surface area contributed by atoms with Crippen LogP contribution in [-0.2, 0) is 0 Å². The summed E-state index contributed by atoms with van der Waals surface area (Å²) in [6, 6.07) is 11.1. The van der Waals surface area contributed by atoms with Gasteiger partial charge in [-0.25, -0.2) is 18.7 Å². The van der Waals surface area contributed by atoms with Crippen molar-refractivity contribution >= 4 is 23.0 Å². The number of hydrogen-bond donors (Lipinski definition) is 2. The van der Waals surface area contributed by atoms with Gasteiger partial charge in [-0.1, -0.05) is 12.1 Å². The zero-order chi connectivity index (χ0) is 18.0. The van der Waals surface area contributed by atoms with E-state index in [4.69, 9.17) is 0 Å². The Morgan fingerprint density at radius 1 is 0.760 bits per heavy atom. The molecule has 0 amide bonds. The Morgan fingerprint density at radius 3 is 2.12 bits per heavy atom. The van der Waals surface area contributed by atoms with Gasteiger partial charge >= 0.3 is 0 Å². The molecule has 6 heteroatoms. The average Bonchev–Trinajstić information content (AvgIpc) is 2.53. The van der Waals surface area contributed by atoms with Crippen LogP contribution < -0.4 is 10.6 Å². The maximum atomic E-state index is 13.8. The van der Waals surface area contributed by atoms with Gasteiger partial charge in [0.2, 0.25) is 0 Å². The van der Waals surface area contributed by atoms with Crippen molar-refractivity contribution in [3.05, 3.63) is 71.1 Å². The van der Waals surface area contributed by atoms with Crippen molar-refractivity contribution in [2.24, 2.45) is 0 Å². The van der Waals surface area contributed by atoms with Crippen molar-refractivity contribution in [3.63, 3.8) is 0 Å². The topological polar surface area (TPSA) is 49.8 Å². The first kappa shape index (κ1) is 16.8. The van der Waals surface area contributed by atoms with Crippen molar-refractivity contribution in [1.29, 1.82) is 0 Å². The van der Waals surface area contributed by atoms with Gasteiger partial charge in [-0.3, -0.25) is 0 Å². The highest BCUT2D eigenvalue weighted by Gasteiger charge is 2.08. The SMILES string of the molecule is Cc1ccc(C)c(Nc2cc(Nc3ccc(F)cc3F)nc(C)n2)c1. The van der Waals surface area contributed by atoms with E-state index in [0.29, 0.717) is 17.5 Å². The van der Waals surface area contributed by atoms with Gasteiger partial charge in [-0.15, -0.1) is 0 Å². The molecular formula is C19H18F2N4. The van der Waals surface area contributed by atoms with E-state index in [2.05, 4.69) is 20.6 Å². The predicted molar refractivity (Wildman–Crippen MR) is 95.6 cm³/mol. The van der Waals surface area contributed by atoms with E-state index in [0.717, 1.165) is 22.9 Å². The molecule has 0 fully saturated rings. The number of nitrogens with one attached hydrogen (secondary N) is 2. The van der Waals surface area contributed by atoms with Crippen LogP contribution in [0.1, 0.15) is 17.0 Å². The van der Waals surface area contributed by atoms with E-state index in [9.17, 15) is 8.78 Å². The lowest BCUT2D eigenvalue weighted by Crippen LogP contribution is -2.03. The van der Waals surface area contributed by atoms with Crippen LogP contribution in [0.15, 0.2) is 42.5 Å². The van der Waals surface area contributed by atoms with E-state index in [1.54, 1.807) is 13.0 Å². The van der Waals surface area contributed by atoms with Gasteiger partial charge in [0.05, 0.1) is 5.69 Å². The zero-order valence-electron chi connectivity index (χ0n) is 14.2. The van der Waals surface area contributed by atoms with Crippen molar-refractivity contribution < 1.29 is 8.78 Å². The third-order valence-corrected chi connectivity index (χ3v) is 3.69. The molecule has 2 aromatic carbocycles. The fourth-order valence-corrected chi connectivity index (χ4v) is 2.43. The Morgan fingerprint density at radius 2 is 1.44 bits per heavy atom. The molecule has 1 aromatic heterocycles. The Bertz CT molecular complexity index is 925. The number of halogens is 2. The Kier molecular flexibility index (Phi) is 4.61. The van der Waals surface area contributed by atoms with Crippen LogP contribution >= 0.6 is 0 Å². The minimum absolute atomic E-state index is 0.150. The van der Waals surface area contributed by atoms with E-state index in [-0.39, 0.29) is 5.69 Å². The number of anilines is 4. The Hall–Kier alpha value is -3.02. The lowest BCUT2D eigenvalue weighted by molar-refractivity contribution is 0.586. The largest absolute Gasteiger partial charge is 0.340 e. The molecule has 1 heterocycles. The summed E-state index contributed by atoms with van der Waals surface area (Å²) in [5, 5.41) is 6.12. The van der Waals surface area contributed by atoms with Crippen LogP contribution in [0, 0.1) is 32.4 Å². The van der Waals surface area contributed by atoms with Crippen LogP contribution in [0.25, 0.3) is 0 Å². The van der Waals surface area contributed by atoms with Gasteiger partial charge in [-0.2, -0.15) is 0 Å². The van der Waals surface area contributed by atoms with E-state index >= 15 is 0 Å². The molecule has 0 atom stereocenters. The maximum absolute atomic E-state index is 13.8. The number of rotatable bonds is 4. The van der Waals surface area contributed by atoms with Gasteiger partial charge in [0.15, 0.2) is 0 Å². The highest BCUT2D eigenvalue weighted by Crippen LogP contribution is 2.24. The molecule has 3 rings (SSSR count). The number of nitrogens with zero attached hydrogens (tertiary/aromatic N) is 2. The predicted octanol–water partition coefficient (Wildman–Crippen LogP) is 5.17. The summed E-state index contributed by atoms with van der Waals surface area (Å²) < 4.78 is 26.8. The number of aromatic nitrogens is 2. The standard InChI is InChI=1S/C19H18F2N4/c1-11-4-5-12(2)17(8-11)25-19-10-18(22-13(3)23-19)24-16-7-6-14(20)9-15(16)21/h4-10H,1-3H3,(H2,22,23,24,25).